The zero-order valence-corrected chi connectivity index (χ0v) is 19.6. The molecule has 2 rings (SSSR count). The number of benzene rings is 2. The molecule has 0 heterocycles. The maximum absolute atomic E-state index is 12.3. The molecule has 0 atom stereocenters. The Bertz CT molecular complexity index is 831. The van der Waals surface area contributed by atoms with E-state index >= 15 is 0 Å². The van der Waals surface area contributed by atoms with E-state index in [1.165, 1.54) is 0 Å². The van der Waals surface area contributed by atoms with Crippen molar-refractivity contribution in [1.29, 1.82) is 0 Å². The van der Waals surface area contributed by atoms with Gasteiger partial charge in [0.25, 0.3) is 0 Å². The van der Waals surface area contributed by atoms with Crippen molar-refractivity contribution in [3.8, 4) is 0 Å². The van der Waals surface area contributed by atoms with Gasteiger partial charge in [-0.1, -0.05) is 75.1 Å². The molecule has 0 spiro atoms. The van der Waals surface area contributed by atoms with E-state index in [-0.39, 0.29) is 13.0 Å². The minimum atomic E-state index is -0.742. The van der Waals surface area contributed by atoms with Crippen molar-refractivity contribution < 1.29 is 19.1 Å². The smallest absolute Gasteiger partial charge is 0.413 e. The topological polar surface area (TPSA) is 64.6 Å². The molecule has 2 aromatic carbocycles. The number of nitrogens with one attached hydrogen (secondary N) is 1. The van der Waals surface area contributed by atoms with E-state index in [1.807, 2.05) is 24.3 Å². The maximum Gasteiger partial charge on any atom is 0.413 e. The number of methoxy groups -OCH3 is 1. The van der Waals surface area contributed by atoms with Crippen LogP contribution in [-0.2, 0) is 27.1 Å². The molecule has 2 aromatic rings. The lowest BCUT2D eigenvalue weighted by molar-refractivity contribution is -0.119. The summed E-state index contributed by atoms with van der Waals surface area (Å²) < 4.78 is 10.00. The molecule has 0 aliphatic carbocycles. The first kappa shape index (κ1) is 24.9. The molecule has 0 bridgehead atoms. The third-order valence-corrected chi connectivity index (χ3v) is 7.04. The fraction of sp³-hybridized carbons (Fsp3) is 0.333. The third-order valence-electron chi connectivity index (χ3n) is 3.99. The molecule has 0 aromatic heterocycles. The van der Waals surface area contributed by atoms with Gasteiger partial charge in [0.1, 0.15) is 6.61 Å². The standard InChI is InChI=1S/C21H23Cl2NO4S2/c1-27-9-11-29-30-12-10-28-21(26)24-20(25)14-16-6-3-2-5-15(16)13-17-18(22)7-4-8-19(17)23/h2-8H,9-14H2,1H3,(H,24,25,26). The van der Waals surface area contributed by atoms with Gasteiger partial charge in [-0.3, -0.25) is 10.1 Å². The fourth-order valence-corrected chi connectivity index (χ4v) is 4.83. The Labute approximate surface area is 194 Å². The third kappa shape index (κ3) is 8.78. The van der Waals surface area contributed by atoms with Gasteiger partial charge in [-0.25, -0.2) is 4.79 Å². The number of rotatable bonds is 11. The van der Waals surface area contributed by atoms with Crippen molar-refractivity contribution in [2.24, 2.45) is 0 Å². The van der Waals surface area contributed by atoms with Crippen LogP contribution in [-0.4, -0.2) is 43.8 Å². The van der Waals surface area contributed by atoms with Crippen molar-refractivity contribution in [2.45, 2.75) is 12.8 Å². The minimum Gasteiger partial charge on any atom is -0.448 e. The number of ether oxygens (including phenoxy) is 2. The summed E-state index contributed by atoms with van der Waals surface area (Å²) in [6, 6.07) is 12.8. The average molecular weight is 488 g/mol. The predicted molar refractivity (Wildman–Crippen MR) is 126 cm³/mol. The van der Waals surface area contributed by atoms with Crippen molar-refractivity contribution in [2.75, 3.05) is 31.8 Å². The molecule has 162 valence electrons. The highest BCUT2D eigenvalue weighted by Crippen LogP contribution is 2.28. The van der Waals surface area contributed by atoms with Gasteiger partial charge in [0.15, 0.2) is 0 Å². The molecule has 0 saturated carbocycles. The van der Waals surface area contributed by atoms with Gasteiger partial charge in [0, 0.05) is 35.1 Å². The first-order valence-corrected chi connectivity index (χ1v) is 12.4. The number of carbonyl (C=O) groups excluding carboxylic acids is 2. The summed E-state index contributed by atoms with van der Waals surface area (Å²) in [5.41, 5.74) is 2.51. The fourth-order valence-electron chi connectivity index (χ4n) is 2.56. The minimum absolute atomic E-state index is 0.0506. The van der Waals surface area contributed by atoms with Crippen LogP contribution in [0.5, 0.6) is 0 Å². The number of halogens is 2. The van der Waals surface area contributed by atoms with Crippen LogP contribution in [0, 0.1) is 0 Å². The molecular weight excluding hydrogens is 465 g/mol. The van der Waals surface area contributed by atoms with Crippen LogP contribution in [0.2, 0.25) is 10.0 Å². The second kappa shape index (κ2) is 13.8. The van der Waals surface area contributed by atoms with E-state index in [9.17, 15) is 9.59 Å². The lowest BCUT2D eigenvalue weighted by Crippen LogP contribution is -2.32. The summed E-state index contributed by atoms with van der Waals surface area (Å²) >= 11 is 12.5. The highest BCUT2D eigenvalue weighted by molar-refractivity contribution is 8.76. The van der Waals surface area contributed by atoms with E-state index in [0.29, 0.717) is 28.8 Å². The van der Waals surface area contributed by atoms with Crippen molar-refractivity contribution in [3.05, 3.63) is 69.2 Å². The quantitative estimate of drug-likeness (QED) is 0.337. The van der Waals surface area contributed by atoms with E-state index in [4.69, 9.17) is 32.7 Å². The largest absolute Gasteiger partial charge is 0.448 e. The van der Waals surface area contributed by atoms with Crippen molar-refractivity contribution >= 4 is 56.8 Å². The van der Waals surface area contributed by atoms with Crippen LogP contribution < -0.4 is 5.32 Å². The van der Waals surface area contributed by atoms with Gasteiger partial charge < -0.3 is 9.47 Å². The molecule has 5 nitrogen and oxygen atoms in total. The number of imide groups is 1. The predicted octanol–water partition coefficient (Wildman–Crippen LogP) is 5.41. The summed E-state index contributed by atoms with van der Waals surface area (Å²) in [6.45, 7) is 0.906. The van der Waals surface area contributed by atoms with Crippen molar-refractivity contribution in [3.63, 3.8) is 0 Å². The first-order valence-electron chi connectivity index (χ1n) is 9.21. The lowest BCUT2D eigenvalue weighted by atomic mass is 9.97. The van der Waals surface area contributed by atoms with E-state index < -0.39 is 12.0 Å². The molecule has 30 heavy (non-hydrogen) atoms. The van der Waals surface area contributed by atoms with E-state index in [2.05, 4.69) is 5.32 Å². The lowest BCUT2D eigenvalue weighted by Gasteiger charge is -2.12. The summed E-state index contributed by atoms with van der Waals surface area (Å²) in [5.74, 6) is 1.07. The SMILES string of the molecule is COCCSSCCOC(=O)NC(=O)Cc1ccccc1Cc1c(Cl)cccc1Cl. The Morgan fingerprint density at radius 3 is 2.23 bits per heavy atom. The van der Waals surface area contributed by atoms with Crippen LogP contribution in [0.15, 0.2) is 42.5 Å². The summed E-state index contributed by atoms with van der Waals surface area (Å²) in [4.78, 5) is 24.1. The molecular formula is C21H23Cl2NO4S2. The monoisotopic (exact) mass is 487 g/mol. The molecule has 2 amide bonds. The van der Waals surface area contributed by atoms with Gasteiger partial charge in [0.05, 0.1) is 13.0 Å². The van der Waals surface area contributed by atoms with Gasteiger partial charge >= 0.3 is 6.09 Å². The molecule has 0 aliphatic heterocycles. The molecule has 0 saturated heterocycles. The Balaban J connectivity index is 1.83. The number of carbonyl (C=O) groups is 2. The number of alkyl carbamates (subject to hydrolysis) is 1. The van der Waals surface area contributed by atoms with Gasteiger partial charge in [-0.05, 0) is 28.8 Å². The molecule has 9 heteroatoms. The summed E-state index contributed by atoms with van der Waals surface area (Å²) in [7, 11) is 4.88. The van der Waals surface area contributed by atoms with E-state index in [0.717, 1.165) is 22.4 Å². The number of hydrogen-bond acceptors (Lipinski definition) is 6. The zero-order chi connectivity index (χ0) is 21.8. The highest BCUT2D eigenvalue weighted by Gasteiger charge is 2.14. The zero-order valence-electron chi connectivity index (χ0n) is 16.5. The summed E-state index contributed by atoms with van der Waals surface area (Å²) in [5, 5.41) is 3.41. The van der Waals surface area contributed by atoms with Gasteiger partial charge in [-0.2, -0.15) is 0 Å². The molecule has 0 unspecified atom stereocenters. The Morgan fingerprint density at radius 1 is 0.933 bits per heavy atom. The van der Waals surface area contributed by atoms with Crippen LogP contribution >= 0.6 is 44.8 Å². The summed E-state index contributed by atoms with van der Waals surface area (Å²) in [6.07, 6.45) is -0.201. The average Bonchev–Trinajstić information content (AvgIpc) is 2.71. The van der Waals surface area contributed by atoms with Crippen LogP contribution in [0.3, 0.4) is 0 Å². The van der Waals surface area contributed by atoms with Gasteiger partial charge in [-0.15, -0.1) is 0 Å². The Hall–Kier alpha value is -1.38. The molecule has 0 fully saturated rings. The normalized spacial score (nSPS) is 10.6. The van der Waals surface area contributed by atoms with Crippen LogP contribution in [0.4, 0.5) is 4.79 Å². The van der Waals surface area contributed by atoms with E-state index in [1.54, 1.807) is 46.9 Å². The second-order valence-electron chi connectivity index (χ2n) is 6.14. The number of hydrogen-bond donors (Lipinski definition) is 1. The molecule has 0 aliphatic rings. The second-order valence-corrected chi connectivity index (χ2v) is 9.66. The maximum atomic E-state index is 12.3. The highest BCUT2D eigenvalue weighted by atomic mass is 35.5. The molecule has 1 N–H and O–H groups in total. The molecule has 0 radical (unpaired) electrons. The number of amides is 2. The van der Waals surface area contributed by atoms with Gasteiger partial charge in [0.2, 0.25) is 5.91 Å². The Kier molecular flexibility index (Phi) is 11.5. The van der Waals surface area contributed by atoms with Crippen molar-refractivity contribution in [1.82, 2.24) is 5.32 Å². The first-order chi connectivity index (χ1) is 14.5. The van der Waals surface area contributed by atoms with Crippen LogP contribution in [0.1, 0.15) is 16.7 Å². The van der Waals surface area contributed by atoms with Crippen LogP contribution in [0.25, 0.3) is 0 Å². The Morgan fingerprint density at radius 2 is 1.57 bits per heavy atom.